The number of carbonyl (C=O) groups is 3. The summed E-state index contributed by atoms with van der Waals surface area (Å²) < 4.78 is 0. The largest absolute Gasteiger partial charge is 0.383 e. The van der Waals surface area contributed by atoms with Crippen LogP contribution in [0.1, 0.15) is 31.1 Å². The van der Waals surface area contributed by atoms with E-state index in [0.29, 0.717) is 84.6 Å². The number of likely N-dealkylation sites (N-methyl/N-ethyl adjacent to an activating group) is 1. The number of benzene rings is 4. The van der Waals surface area contributed by atoms with Gasteiger partial charge in [0.05, 0.1) is 32.3 Å². The number of H-pyrrole nitrogens is 1. The van der Waals surface area contributed by atoms with Crippen molar-refractivity contribution in [3.63, 3.8) is 0 Å². The van der Waals surface area contributed by atoms with E-state index in [1.165, 1.54) is 23.1 Å². The average Bonchev–Trinajstić information content (AvgIpc) is 3.10. The Hall–Kier alpha value is -5.41. The van der Waals surface area contributed by atoms with Crippen LogP contribution in [0.4, 0.5) is 11.4 Å². The van der Waals surface area contributed by atoms with Crippen molar-refractivity contribution in [1.82, 2.24) is 30.7 Å². The summed E-state index contributed by atoms with van der Waals surface area (Å²) in [6.07, 6.45) is 0. The highest BCUT2D eigenvalue weighted by Gasteiger charge is 2.32. The van der Waals surface area contributed by atoms with Crippen LogP contribution >= 0.6 is 12.4 Å². The number of non-ortho nitro benzene ring substituents is 1. The number of hydrogen-bond acceptors (Lipinski definition) is 10. The summed E-state index contributed by atoms with van der Waals surface area (Å²) in [7, 11) is 3.80. The number of nitrogens with zero attached hydrogens (tertiary/aromatic N) is 3. The third-order valence-corrected chi connectivity index (χ3v) is 8.70. The molecule has 1 aliphatic heterocycles. The molecule has 0 saturated carbocycles. The van der Waals surface area contributed by atoms with E-state index in [2.05, 4.69) is 26.3 Å². The number of aromatic amines is 1. The van der Waals surface area contributed by atoms with E-state index in [1.54, 1.807) is 24.3 Å². The van der Waals surface area contributed by atoms with Crippen LogP contribution in [0.3, 0.4) is 0 Å². The molecule has 0 radical (unpaired) electrons. The van der Waals surface area contributed by atoms with Crippen molar-refractivity contribution >= 4 is 74.1 Å². The highest BCUT2D eigenvalue weighted by molar-refractivity contribution is 6.25. The number of nitro groups is 1. The van der Waals surface area contributed by atoms with E-state index in [0.717, 1.165) is 5.39 Å². The van der Waals surface area contributed by atoms with Crippen LogP contribution in [0.5, 0.6) is 0 Å². The number of nitrogens with one attached hydrogen (secondary N) is 5. The van der Waals surface area contributed by atoms with Crippen LogP contribution < -0.4 is 26.7 Å². The molecule has 5 N–H and O–H groups in total. The van der Waals surface area contributed by atoms with E-state index in [-0.39, 0.29) is 53.1 Å². The van der Waals surface area contributed by atoms with E-state index < -0.39 is 10.4 Å². The zero-order valence-electron chi connectivity index (χ0n) is 28.2. The fourth-order valence-electron chi connectivity index (χ4n) is 6.19. The molecule has 0 unspecified atom stereocenters. The molecule has 5 aromatic rings. The molecule has 0 atom stereocenters. The highest BCUT2D eigenvalue weighted by Crippen LogP contribution is 2.30. The standard InChI is InChI=1S/C36H38N8O6.ClH/c1-42(2)19-18-40-34(46)26-10-12-29(31-32(26)41-28-11-9-23(44(49)50)21-27(28)33(31)45)39-16-15-37-13-14-38-17-20-43-35(47)24-7-3-5-22-6-4-8-25(30(22)24)36(43)48;/h3-12,21,37-39H,13-20H2,1-2H3,(H,40,46)(H,41,45);1H. The Morgan fingerprint density at radius 2 is 1.51 bits per heavy atom. The molecule has 0 aliphatic carbocycles. The second-order valence-electron chi connectivity index (χ2n) is 12.3. The molecule has 1 aliphatic rings. The first-order chi connectivity index (χ1) is 24.2. The third-order valence-electron chi connectivity index (χ3n) is 8.70. The Morgan fingerprint density at radius 1 is 0.843 bits per heavy atom. The molecule has 51 heavy (non-hydrogen) atoms. The molecule has 2 heterocycles. The lowest BCUT2D eigenvalue weighted by molar-refractivity contribution is -0.384. The number of halogens is 1. The van der Waals surface area contributed by atoms with Crippen molar-refractivity contribution in [2.45, 2.75) is 0 Å². The van der Waals surface area contributed by atoms with E-state index in [4.69, 9.17) is 0 Å². The van der Waals surface area contributed by atoms with Gasteiger partial charge in [-0.2, -0.15) is 0 Å². The SMILES string of the molecule is CN(C)CCNC(=O)c1ccc(NCCNCCNCCN2C(=O)c3cccc4cccc(c34)C2=O)c2c(=O)c3cc([N+](=O)[O-])ccc3[nH]c12.Cl. The maximum absolute atomic E-state index is 13.8. The molecular weight excluding hydrogens is 676 g/mol. The summed E-state index contributed by atoms with van der Waals surface area (Å²) in [4.78, 5) is 70.3. The summed E-state index contributed by atoms with van der Waals surface area (Å²) in [5, 5.41) is 26.1. The van der Waals surface area contributed by atoms with Crippen molar-refractivity contribution < 1.29 is 19.3 Å². The quantitative estimate of drug-likeness (QED) is 0.0355. The van der Waals surface area contributed by atoms with Gasteiger partial charge in [-0.15, -0.1) is 12.4 Å². The van der Waals surface area contributed by atoms with Crippen molar-refractivity contribution in [3.05, 3.63) is 104 Å². The Kier molecular flexibility index (Phi) is 11.6. The monoisotopic (exact) mass is 714 g/mol. The highest BCUT2D eigenvalue weighted by atomic mass is 35.5. The maximum atomic E-state index is 13.8. The Morgan fingerprint density at radius 3 is 2.18 bits per heavy atom. The van der Waals surface area contributed by atoms with Crippen molar-refractivity contribution in [1.29, 1.82) is 0 Å². The number of pyridine rings is 1. The fourth-order valence-corrected chi connectivity index (χ4v) is 6.19. The number of anilines is 1. The predicted molar refractivity (Wildman–Crippen MR) is 200 cm³/mol. The summed E-state index contributed by atoms with van der Waals surface area (Å²) in [5.41, 5.74) is 1.95. The molecule has 1 aromatic heterocycles. The zero-order valence-corrected chi connectivity index (χ0v) is 29.0. The molecular formula is C36H39ClN8O6. The number of imide groups is 1. The number of amides is 3. The summed E-state index contributed by atoms with van der Waals surface area (Å²) in [5.74, 6) is -0.924. The molecule has 14 nitrogen and oxygen atoms in total. The van der Waals surface area contributed by atoms with E-state index >= 15 is 0 Å². The summed E-state index contributed by atoms with van der Waals surface area (Å²) in [6.45, 7) is 3.91. The number of fused-ring (bicyclic) bond motifs is 2. The fraction of sp³-hybridized carbons (Fsp3) is 0.278. The number of rotatable bonds is 15. The molecule has 6 rings (SSSR count). The lowest BCUT2D eigenvalue weighted by Crippen LogP contribution is -2.44. The number of carbonyl (C=O) groups excluding carboxylic acids is 3. The van der Waals surface area contributed by atoms with Gasteiger partial charge in [-0.05, 0) is 49.8 Å². The first kappa shape index (κ1) is 36.9. The normalized spacial score (nSPS) is 12.5. The molecule has 0 bridgehead atoms. The molecule has 0 fully saturated rings. The maximum Gasteiger partial charge on any atom is 0.270 e. The molecule has 0 spiro atoms. The minimum atomic E-state index is -0.552. The number of nitro benzene ring substituents is 1. The molecule has 0 saturated heterocycles. The van der Waals surface area contributed by atoms with Gasteiger partial charge in [-0.25, -0.2) is 0 Å². The van der Waals surface area contributed by atoms with Gasteiger partial charge in [0.1, 0.15) is 0 Å². The Labute approximate surface area is 299 Å². The van der Waals surface area contributed by atoms with Gasteiger partial charge in [0.2, 0.25) is 0 Å². The summed E-state index contributed by atoms with van der Waals surface area (Å²) in [6, 6.07) is 18.3. The van der Waals surface area contributed by atoms with Gasteiger partial charge >= 0.3 is 0 Å². The van der Waals surface area contributed by atoms with Gasteiger partial charge in [0, 0.05) is 86.7 Å². The van der Waals surface area contributed by atoms with Crippen molar-refractivity contribution in [2.75, 3.05) is 71.8 Å². The van der Waals surface area contributed by atoms with Crippen LogP contribution in [0.15, 0.2) is 71.5 Å². The minimum Gasteiger partial charge on any atom is -0.383 e. The van der Waals surface area contributed by atoms with Crippen LogP contribution in [0.25, 0.3) is 32.6 Å². The second kappa shape index (κ2) is 16.1. The van der Waals surface area contributed by atoms with Gasteiger partial charge in [-0.1, -0.05) is 24.3 Å². The first-order valence-electron chi connectivity index (χ1n) is 16.4. The Bertz CT molecular complexity index is 2150. The van der Waals surface area contributed by atoms with Crippen molar-refractivity contribution in [2.24, 2.45) is 0 Å². The van der Waals surface area contributed by atoms with Gasteiger partial charge in [0.15, 0.2) is 5.43 Å². The van der Waals surface area contributed by atoms with E-state index in [1.807, 2.05) is 43.3 Å². The first-order valence-corrected chi connectivity index (χ1v) is 16.4. The van der Waals surface area contributed by atoms with E-state index in [9.17, 15) is 29.3 Å². The van der Waals surface area contributed by atoms with Crippen LogP contribution in [-0.2, 0) is 0 Å². The van der Waals surface area contributed by atoms with Gasteiger partial charge < -0.3 is 31.2 Å². The average molecular weight is 715 g/mol. The Balaban J connectivity index is 0.00000504. The van der Waals surface area contributed by atoms with Crippen LogP contribution in [-0.4, -0.2) is 104 Å². The van der Waals surface area contributed by atoms with Gasteiger partial charge in [0.25, 0.3) is 23.4 Å². The minimum absolute atomic E-state index is 0. The predicted octanol–water partition coefficient (Wildman–Crippen LogP) is 3.34. The second-order valence-corrected chi connectivity index (χ2v) is 12.3. The molecule has 3 amide bonds. The number of hydrogen-bond donors (Lipinski definition) is 5. The van der Waals surface area contributed by atoms with Crippen LogP contribution in [0.2, 0.25) is 0 Å². The lowest BCUT2D eigenvalue weighted by atomic mass is 9.94. The lowest BCUT2D eigenvalue weighted by Gasteiger charge is -2.27. The summed E-state index contributed by atoms with van der Waals surface area (Å²) >= 11 is 0. The molecule has 4 aromatic carbocycles. The topological polar surface area (TPSA) is 182 Å². The molecule has 15 heteroatoms. The van der Waals surface area contributed by atoms with Gasteiger partial charge in [-0.3, -0.25) is 34.2 Å². The third kappa shape index (κ3) is 7.68. The molecule has 266 valence electrons. The zero-order chi connectivity index (χ0) is 35.4. The number of aromatic nitrogens is 1. The van der Waals surface area contributed by atoms with Crippen molar-refractivity contribution in [3.8, 4) is 0 Å². The van der Waals surface area contributed by atoms with Crippen LogP contribution in [0, 0.1) is 10.1 Å². The smallest absolute Gasteiger partial charge is 0.270 e.